The van der Waals surface area contributed by atoms with E-state index >= 15 is 0 Å². The normalized spacial score (nSPS) is 23.6. The van der Waals surface area contributed by atoms with Gasteiger partial charge in [0.2, 0.25) is 5.91 Å². The van der Waals surface area contributed by atoms with Crippen molar-refractivity contribution in [2.45, 2.75) is 25.8 Å². The summed E-state index contributed by atoms with van der Waals surface area (Å²) in [7, 11) is -1.47. The van der Waals surface area contributed by atoms with Crippen LogP contribution < -0.4 is 10.1 Å². The van der Waals surface area contributed by atoms with Crippen molar-refractivity contribution in [1.29, 1.82) is 0 Å². The molecule has 1 aromatic rings. The van der Waals surface area contributed by atoms with E-state index in [1.54, 1.807) is 20.1 Å². The van der Waals surface area contributed by atoms with Gasteiger partial charge in [-0.15, -0.1) is 0 Å². The SMILES string of the molecule is COc1ccc(C)cc1/C=C/C(=O)NC1(C)CCS(=O)(=O)C1. The molecule has 0 spiro atoms. The van der Waals surface area contributed by atoms with Crippen molar-refractivity contribution in [3.8, 4) is 5.75 Å². The van der Waals surface area contributed by atoms with E-state index in [9.17, 15) is 13.2 Å². The molecular formula is C16H21NO4S. The Morgan fingerprint density at radius 2 is 2.14 bits per heavy atom. The highest BCUT2D eigenvalue weighted by Crippen LogP contribution is 2.23. The number of methoxy groups -OCH3 is 1. The number of aryl methyl sites for hydroxylation is 1. The van der Waals surface area contributed by atoms with Crippen LogP contribution in [0.3, 0.4) is 0 Å². The topological polar surface area (TPSA) is 72.5 Å². The monoisotopic (exact) mass is 323 g/mol. The average molecular weight is 323 g/mol. The lowest BCUT2D eigenvalue weighted by Gasteiger charge is -2.22. The fourth-order valence-electron chi connectivity index (χ4n) is 2.60. The minimum atomic E-state index is -3.04. The molecule has 1 heterocycles. The maximum Gasteiger partial charge on any atom is 0.244 e. The molecule has 1 unspecified atom stereocenters. The summed E-state index contributed by atoms with van der Waals surface area (Å²) in [6.07, 6.45) is 3.53. The Labute approximate surface area is 131 Å². The van der Waals surface area contributed by atoms with E-state index in [2.05, 4.69) is 5.32 Å². The number of nitrogens with one attached hydrogen (secondary N) is 1. The summed E-state index contributed by atoms with van der Waals surface area (Å²) in [6.45, 7) is 3.72. The van der Waals surface area contributed by atoms with Crippen LogP contribution >= 0.6 is 0 Å². The standard InChI is InChI=1S/C16H21NO4S/c1-12-4-6-14(21-3)13(10-12)5-7-15(18)17-16(2)8-9-22(19,20)11-16/h4-7,10H,8-9,11H2,1-3H3,(H,17,18)/b7-5+. The van der Waals surface area contributed by atoms with E-state index in [0.717, 1.165) is 11.1 Å². The van der Waals surface area contributed by atoms with Crippen molar-refractivity contribution >= 4 is 21.8 Å². The minimum Gasteiger partial charge on any atom is -0.496 e. The van der Waals surface area contributed by atoms with Gasteiger partial charge in [-0.05, 0) is 38.5 Å². The summed E-state index contributed by atoms with van der Waals surface area (Å²) in [5.41, 5.74) is 1.19. The summed E-state index contributed by atoms with van der Waals surface area (Å²) in [5.74, 6) is 0.500. The lowest BCUT2D eigenvalue weighted by atomic mass is 10.0. The van der Waals surface area contributed by atoms with Crippen LogP contribution in [-0.4, -0.2) is 38.5 Å². The van der Waals surface area contributed by atoms with Gasteiger partial charge in [-0.1, -0.05) is 11.6 Å². The highest BCUT2D eigenvalue weighted by molar-refractivity contribution is 7.91. The zero-order valence-electron chi connectivity index (χ0n) is 13.0. The molecule has 1 N–H and O–H groups in total. The van der Waals surface area contributed by atoms with Crippen molar-refractivity contribution in [2.75, 3.05) is 18.6 Å². The van der Waals surface area contributed by atoms with Gasteiger partial charge in [-0.3, -0.25) is 4.79 Å². The summed E-state index contributed by atoms with van der Waals surface area (Å²) < 4.78 is 28.3. The maximum absolute atomic E-state index is 12.0. The fourth-order valence-corrected chi connectivity index (χ4v) is 4.69. The van der Waals surface area contributed by atoms with E-state index in [1.807, 2.05) is 25.1 Å². The Bertz CT molecular complexity index is 709. The van der Waals surface area contributed by atoms with Gasteiger partial charge < -0.3 is 10.1 Å². The highest BCUT2D eigenvalue weighted by Gasteiger charge is 2.39. The quantitative estimate of drug-likeness (QED) is 0.856. The molecule has 1 saturated heterocycles. The molecule has 0 bridgehead atoms. The van der Waals surface area contributed by atoms with Gasteiger partial charge in [0.25, 0.3) is 0 Å². The predicted molar refractivity (Wildman–Crippen MR) is 86.6 cm³/mol. The van der Waals surface area contributed by atoms with E-state index in [1.165, 1.54) is 6.08 Å². The van der Waals surface area contributed by atoms with Crippen LogP contribution in [0.4, 0.5) is 0 Å². The molecular weight excluding hydrogens is 302 g/mol. The summed E-state index contributed by atoms with van der Waals surface area (Å²) in [6, 6.07) is 5.70. The molecule has 1 aliphatic heterocycles. The van der Waals surface area contributed by atoms with Crippen LogP contribution in [0.1, 0.15) is 24.5 Å². The number of carbonyl (C=O) groups excluding carboxylic acids is 1. The molecule has 0 aromatic heterocycles. The number of sulfone groups is 1. The zero-order chi connectivity index (χ0) is 16.4. The van der Waals surface area contributed by atoms with E-state index in [-0.39, 0.29) is 17.4 Å². The number of hydrogen-bond acceptors (Lipinski definition) is 4. The van der Waals surface area contributed by atoms with Gasteiger partial charge in [-0.25, -0.2) is 8.42 Å². The van der Waals surface area contributed by atoms with E-state index in [4.69, 9.17) is 4.74 Å². The second-order valence-corrected chi connectivity index (χ2v) is 8.15. The molecule has 1 aliphatic rings. The number of rotatable bonds is 4. The van der Waals surface area contributed by atoms with Crippen molar-refractivity contribution in [3.05, 3.63) is 35.4 Å². The first kappa shape index (κ1) is 16.5. The number of carbonyl (C=O) groups is 1. The Hall–Kier alpha value is -1.82. The van der Waals surface area contributed by atoms with Crippen molar-refractivity contribution < 1.29 is 17.9 Å². The molecule has 120 valence electrons. The molecule has 0 saturated carbocycles. The van der Waals surface area contributed by atoms with Gasteiger partial charge in [0.15, 0.2) is 9.84 Å². The Morgan fingerprint density at radius 3 is 2.73 bits per heavy atom. The van der Waals surface area contributed by atoms with Gasteiger partial charge in [0.1, 0.15) is 5.75 Å². The lowest BCUT2D eigenvalue weighted by molar-refractivity contribution is -0.117. The van der Waals surface area contributed by atoms with E-state index < -0.39 is 15.4 Å². The fraction of sp³-hybridized carbons (Fsp3) is 0.438. The highest BCUT2D eigenvalue weighted by atomic mass is 32.2. The molecule has 1 fully saturated rings. The lowest BCUT2D eigenvalue weighted by Crippen LogP contribution is -2.46. The summed E-state index contributed by atoms with van der Waals surface area (Å²) >= 11 is 0. The van der Waals surface area contributed by atoms with E-state index in [0.29, 0.717) is 12.2 Å². The molecule has 22 heavy (non-hydrogen) atoms. The van der Waals surface area contributed by atoms with Crippen LogP contribution in [0.5, 0.6) is 5.75 Å². The molecule has 1 aromatic carbocycles. The van der Waals surface area contributed by atoms with Crippen LogP contribution in [0, 0.1) is 6.92 Å². The Kier molecular flexibility index (Phi) is 4.60. The summed E-state index contributed by atoms with van der Waals surface area (Å²) in [5, 5.41) is 2.79. The van der Waals surface area contributed by atoms with Crippen molar-refractivity contribution in [1.82, 2.24) is 5.32 Å². The van der Waals surface area contributed by atoms with Crippen LogP contribution in [0.15, 0.2) is 24.3 Å². The second kappa shape index (κ2) is 6.12. The van der Waals surface area contributed by atoms with Crippen LogP contribution in [-0.2, 0) is 14.6 Å². The van der Waals surface area contributed by atoms with Crippen molar-refractivity contribution in [2.24, 2.45) is 0 Å². The molecule has 6 heteroatoms. The van der Waals surface area contributed by atoms with Crippen LogP contribution in [0.25, 0.3) is 6.08 Å². The molecule has 1 atom stereocenters. The smallest absolute Gasteiger partial charge is 0.244 e. The van der Waals surface area contributed by atoms with Gasteiger partial charge in [0, 0.05) is 11.6 Å². The third-order valence-electron chi connectivity index (χ3n) is 3.73. The Morgan fingerprint density at radius 1 is 1.41 bits per heavy atom. The maximum atomic E-state index is 12.0. The van der Waals surface area contributed by atoms with Gasteiger partial charge in [0.05, 0.1) is 24.2 Å². The number of ether oxygens (including phenoxy) is 1. The Balaban J connectivity index is 2.08. The largest absolute Gasteiger partial charge is 0.496 e. The minimum absolute atomic E-state index is 0.00660. The first-order chi connectivity index (χ1) is 10.2. The molecule has 0 aliphatic carbocycles. The molecule has 2 rings (SSSR count). The van der Waals surface area contributed by atoms with Crippen LogP contribution in [0.2, 0.25) is 0 Å². The second-order valence-electron chi connectivity index (χ2n) is 5.97. The summed E-state index contributed by atoms with van der Waals surface area (Å²) in [4.78, 5) is 12.0. The third-order valence-corrected chi connectivity index (χ3v) is 5.63. The van der Waals surface area contributed by atoms with Crippen molar-refractivity contribution in [3.63, 3.8) is 0 Å². The van der Waals surface area contributed by atoms with Gasteiger partial charge >= 0.3 is 0 Å². The predicted octanol–water partition coefficient (Wildman–Crippen LogP) is 1.71. The van der Waals surface area contributed by atoms with Gasteiger partial charge in [-0.2, -0.15) is 0 Å². The molecule has 0 radical (unpaired) electrons. The molecule has 5 nitrogen and oxygen atoms in total. The molecule has 1 amide bonds. The number of hydrogen-bond donors (Lipinski definition) is 1. The zero-order valence-corrected chi connectivity index (χ0v) is 13.9. The first-order valence-corrected chi connectivity index (χ1v) is 8.90. The number of amides is 1. The third kappa shape index (κ3) is 4.10. The first-order valence-electron chi connectivity index (χ1n) is 7.08. The average Bonchev–Trinajstić information content (AvgIpc) is 2.70. The number of benzene rings is 1.